The number of hydrogen-bond donors (Lipinski definition) is 0. The fourth-order valence-electron chi connectivity index (χ4n) is 3.51. The Morgan fingerprint density at radius 2 is 1.81 bits per heavy atom. The van der Waals surface area contributed by atoms with E-state index in [4.69, 9.17) is 4.74 Å². The van der Waals surface area contributed by atoms with Crippen LogP contribution in [0, 0.1) is 5.92 Å². The average molecular weight is 467 g/mol. The zero-order chi connectivity index (χ0) is 23.0. The van der Waals surface area contributed by atoms with E-state index in [1.165, 1.54) is 36.5 Å². The van der Waals surface area contributed by atoms with E-state index < -0.39 is 31.9 Å². The summed E-state index contributed by atoms with van der Waals surface area (Å²) in [4.78, 5) is 12.3. The van der Waals surface area contributed by atoms with Crippen molar-refractivity contribution in [1.29, 1.82) is 0 Å². The van der Waals surface area contributed by atoms with Gasteiger partial charge in [-0.2, -0.15) is 4.31 Å². The van der Waals surface area contributed by atoms with E-state index >= 15 is 0 Å². The molecule has 2 aromatic rings. The second-order valence-electron chi connectivity index (χ2n) is 7.75. The minimum absolute atomic E-state index is 0.0165. The van der Waals surface area contributed by atoms with Crippen molar-refractivity contribution in [2.24, 2.45) is 5.92 Å². The molecule has 0 aliphatic carbocycles. The number of rotatable bonds is 7. The van der Waals surface area contributed by atoms with Crippen LogP contribution in [0.1, 0.15) is 26.3 Å². The van der Waals surface area contributed by atoms with Gasteiger partial charge in [0.1, 0.15) is 10.6 Å². The van der Waals surface area contributed by atoms with Crippen molar-refractivity contribution < 1.29 is 26.4 Å². The van der Waals surface area contributed by atoms with E-state index in [0.29, 0.717) is 4.31 Å². The summed E-state index contributed by atoms with van der Waals surface area (Å²) in [5, 5.41) is 0. The predicted molar refractivity (Wildman–Crippen MR) is 118 cm³/mol. The minimum atomic E-state index is -4.09. The summed E-state index contributed by atoms with van der Waals surface area (Å²) in [5.41, 5.74) is 0.790. The molecule has 0 N–H and O–H groups in total. The van der Waals surface area contributed by atoms with E-state index in [9.17, 15) is 21.6 Å². The standard InChI is InChI=1S/C21H26N2O6S2/c1-15(2)22(13-17-8-6-5-7-9-17)31(27,28)20-12-18(10-11-19(20)29-4)23-21(24)16(3)14-30(23,25)26/h5-12,15-16H,13-14H2,1-4H3/t16-/m1/s1. The van der Waals surface area contributed by atoms with E-state index in [2.05, 4.69) is 0 Å². The minimum Gasteiger partial charge on any atom is -0.495 e. The van der Waals surface area contributed by atoms with Crippen molar-refractivity contribution in [3.05, 3.63) is 54.1 Å². The summed E-state index contributed by atoms with van der Waals surface area (Å²) in [6, 6.07) is 12.7. The molecule has 8 nitrogen and oxygen atoms in total. The second-order valence-corrected chi connectivity index (χ2v) is 11.5. The smallest absolute Gasteiger partial charge is 0.247 e. The molecule has 0 saturated carbocycles. The molecule has 10 heteroatoms. The van der Waals surface area contributed by atoms with E-state index in [1.807, 2.05) is 30.3 Å². The molecule has 1 aliphatic heterocycles. The Morgan fingerprint density at radius 1 is 1.16 bits per heavy atom. The largest absolute Gasteiger partial charge is 0.495 e. The molecule has 0 bridgehead atoms. The normalized spacial score (nSPS) is 18.7. The van der Waals surface area contributed by atoms with Gasteiger partial charge in [0.2, 0.25) is 26.0 Å². The lowest BCUT2D eigenvalue weighted by Gasteiger charge is -2.27. The van der Waals surface area contributed by atoms with Gasteiger partial charge in [0.15, 0.2) is 0 Å². The van der Waals surface area contributed by atoms with Gasteiger partial charge in [0.25, 0.3) is 0 Å². The highest BCUT2D eigenvalue weighted by Crippen LogP contribution is 2.36. The average Bonchev–Trinajstić information content (AvgIpc) is 2.92. The molecule has 1 heterocycles. The van der Waals surface area contributed by atoms with Crippen LogP contribution in [0.3, 0.4) is 0 Å². The number of sulfonamides is 2. The van der Waals surface area contributed by atoms with Crippen LogP contribution in [0.5, 0.6) is 5.75 Å². The second kappa shape index (κ2) is 8.60. The fourth-order valence-corrected chi connectivity index (χ4v) is 7.13. The molecule has 1 atom stereocenters. The molecule has 0 spiro atoms. The number of benzene rings is 2. The van der Waals surface area contributed by atoms with Gasteiger partial charge in [0.05, 0.1) is 24.5 Å². The van der Waals surface area contributed by atoms with Crippen molar-refractivity contribution in [3.63, 3.8) is 0 Å². The molecular weight excluding hydrogens is 440 g/mol. The quantitative estimate of drug-likeness (QED) is 0.622. The van der Waals surface area contributed by atoms with Gasteiger partial charge < -0.3 is 4.74 Å². The van der Waals surface area contributed by atoms with Crippen LogP contribution in [0.15, 0.2) is 53.4 Å². The molecule has 0 radical (unpaired) electrons. The first-order valence-corrected chi connectivity index (χ1v) is 12.8. The van der Waals surface area contributed by atoms with Gasteiger partial charge in [-0.15, -0.1) is 0 Å². The van der Waals surface area contributed by atoms with Crippen molar-refractivity contribution in [2.45, 2.75) is 38.3 Å². The third kappa shape index (κ3) is 4.46. The number of methoxy groups -OCH3 is 1. The summed E-state index contributed by atoms with van der Waals surface area (Å²) < 4.78 is 59.5. The van der Waals surface area contributed by atoms with Gasteiger partial charge in [0, 0.05) is 12.6 Å². The zero-order valence-corrected chi connectivity index (χ0v) is 19.5. The van der Waals surface area contributed by atoms with Crippen molar-refractivity contribution in [2.75, 3.05) is 17.2 Å². The lowest BCUT2D eigenvalue weighted by molar-refractivity contribution is -0.119. The molecule has 1 saturated heterocycles. The SMILES string of the molecule is COc1ccc(N2C(=O)[C@H](C)CS2(=O)=O)cc1S(=O)(=O)N(Cc1ccccc1)C(C)C. The number of anilines is 1. The maximum atomic E-state index is 13.6. The maximum absolute atomic E-state index is 13.6. The Labute approximate surface area is 183 Å². The van der Waals surface area contributed by atoms with Gasteiger partial charge >= 0.3 is 0 Å². The molecule has 1 amide bonds. The Morgan fingerprint density at radius 3 is 2.32 bits per heavy atom. The number of amides is 1. The van der Waals surface area contributed by atoms with E-state index in [-0.39, 0.29) is 34.7 Å². The van der Waals surface area contributed by atoms with Crippen LogP contribution in [0.4, 0.5) is 5.69 Å². The summed E-state index contributed by atoms with van der Waals surface area (Å²) >= 11 is 0. The number of hydrogen-bond acceptors (Lipinski definition) is 6. The van der Waals surface area contributed by atoms with E-state index in [0.717, 1.165) is 5.56 Å². The zero-order valence-electron chi connectivity index (χ0n) is 17.8. The fraction of sp³-hybridized carbons (Fsp3) is 0.381. The highest BCUT2D eigenvalue weighted by Gasteiger charge is 2.42. The summed E-state index contributed by atoms with van der Waals surface area (Å²) in [6.07, 6.45) is 0. The number of nitrogens with zero attached hydrogens (tertiary/aromatic N) is 2. The first-order chi connectivity index (χ1) is 14.5. The summed E-state index contributed by atoms with van der Waals surface area (Å²) in [6.45, 7) is 5.17. The third-order valence-electron chi connectivity index (χ3n) is 5.09. The van der Waals surface area contributed by atoms with Crippen LogP contribution in [-0.2, 0) is 31.4 Å². The van der Waals surface area contributed by atoms with Crippen LogP contribution in [0.2, 0.25) is 0 Å². The van der Waals surface area contributed by atoms with Crippen molar-refractivity contribution in [1.82, 2.24) is 4.31 Å². The van der Waals surface area contributed by atoms with E-state index in [1.54, 1.807) is 13.8 Å². The topological polar surface area (TPSA) is 101 Å². The molecule has 2 aromatic carbocycles. The molecule has 1 aliphatic rings. The Hall–Kier alpha value is -2.43. The number of carbonyl (C=O) groups excluding carboxylic acids is 1. The molecule has 0 unspecified atom stereocenters. The molecule has 31 heavy (non-hydrogen) atoms. The number of ether oxygens (including phenoxy) is 1. The van der Waals surface area contributed by atoms with Gasteiger partial charge in [-0.05, 0) is 37.6 Å². The van der Waals surface area contributed by atoms with Gasteiger partial charge in [-0.3, -0.25) is 4.79 Å². The summed E-state index contributed by atoms with van der Waals surface area (Å²) in [7, 11) is -6.62. The first-order valence-electron chi connectivity index (χ1n) is 9.79. The first kappa shape index (κ1) is 23.2. The Balaban J connectivity index is 2.11. The van der Waals surface area contributed by atoms with Crippen LogP contribution < -0.4 is 9.04 Å². The molecular formula is C21H26N2O6S2. The lowest BCUT2D eigenvalue weighted by atomic mass is 10.2. The highest BCUT2D eigenvalue weighted by molar-refractivity contribution is 7.94. The molecule has 1 fully saturated rings. The highest BCUT2D eigenvalue weighted by atomic mass is 32.2. The Bertz CT molecular complexity index is 1180. The van der Waals surface area contributed by atoms with Crippen LogP contribution in [-0.4, -0.2) is 46.0 Å². The predicted octanol–water partition coefficient (Wildman–Crippen LogP) is 2.61. The molecule has 168 valence electrons. The van der Waals surface area contributed by atoms with Crippen LogP contribution in [0.25, 0.3) is 0 Å². The summed E-state index contributed by atoms with van der Waals surface area (Å²) in [5.74, 6) is -1.53. The van der Waals surface area contributed by atoms with Crippen molar-refractivity contribution >= 4 is 31.6 Å². The van der Waals surface area contributed by atoms with Gasteiger partial charge in [-0.25, -0.2) is 21.1 Å². The maximum Gasteiger partial charge on any atom is 0.247 e. The van der Waals surface area contributed by atoms with Gasteiger partial charge in [-0.1, -0.05) is 37.3 Å². The molecule has 3 rings (SSSR count). The van der Waals surface area contributed by atoms with Crippen molar-refractivity contribution in [3.8, 4) is 5.75 Å². The molecule has 0 aromatic heterocycles. The Kier molecular flexibility index (Phi) is 6.45. The number of carbonyl (C=O) groups is 1. The van der Waals surface area contributed by atoms with Crippen LogP contribution >= 0.6 is 0 Å². The lowest BCUT2D eigenvalue weighted by Crippen LogP contribution is -2.37. The monoisotopic (exact) mass is 466 g/mol. The third-order valence-corrected chi connectivity index (χ3v) is 9.00.